The quantitative estimate of drug-likeness (QED) is 0.215. The lowest BCUT2D eigenvalue weighted by Gasteiger charge is -2.23. The van der Waals surface area contributed by atoms with Gasteiger partial charge in [0.25, 0.3) is 5.56 Å². The van der Waals surface area contributed by atoms with Gasteiger partial charge in [0.05, 0.1) is 39.6 Å². The van der Waals surface area contributed by atoms with Gasteiger partial charge in [-0.3, -0.25) is 9.78 Å². The molecule has 0 radical (unpaired) electrons. The van der Waals surface area contributed by atoms with Crippen molar-refractivity contribution in [2.75, 3.05) is 23.9 Å². The molecule has 3 heterocycles. The Morgan fingerprint density at radius 1 is 1.19 bits per heavy atom. The third-order valence-electron chi connectivity index (χ3n) is 7.99. The van der Waals surface area contributed by atoms with E-state index < -0.39 is 18.3 Å². The monoisotopic (exact) mass is 598 g/mol. The van der Waals surface area contributed by atoms with E-state index in [1.807, 2.05) is 24.3 Å². The van der Waals surface area contributed by atoms with Crippen molar-refractivity contribution in [2.24, 2.45) is 12.5 Å². The number of nitrogens with one attached hydrogen (secondary N) is 2. The van der Waals surface area contributed by atoms with Crippen LogP contribution in [0.4, 0.5) is 15.8 Å². The molecule has 0 bridgehead atoms. The lowest BCUT2D eigenvalue weighted by Crippen LogP contribution is -2.20. The second-order valence-electron chi connectivity index (χ2n) is 12.5. The standard InChI is InChI=1S/C32H32ClFN8O/c1-31(2,3)18-37-27-19(14-35)15-36-28-24(27)12-20(13-25(28)33)38-29(26-16-42(40-39-26)32(17-34)9-10-32)22-6-5-7-23-21(22)8-11-41(4)30(23)43/h5-8,11-13,15-16,29,38H,9-10,17-18H2,1-4H3,(H,36,37). The summed E-state index contributed by atoms with van der Waals surface area (Å²) in [7, 11) is 1.72. The predicted octanol–water partition coefficient (Wildman–Crippen LogP) is 6.32. The lowest BCUT2D eigenvalue weighted by molar-refractivity contribution is 0.309. The van der Waals surface area contributed by atoms with Gasteiger partial charge in [0.2, 0.25) is 0 Å². The molecule has 2 aromatic carbocycles. The van der Waals surface area contributed by atoms with Crippen molar-refractivity contribution in [3.8, 4) is 6.07 Å². The number of aryl methyl sites for hydroxylation is 1. The van der Waals surface area contributed by atoms with E-state index in [0.29, 0.717) is 63.3 Å². The van der Waals surface area contributed by atoms with Crippen LogP contribution in [0.2, 0.25) is 5.02 Å². The molecule has 9 nitrogen and oxygen atoms in total. The second kappa shape index (κ2) is 10.7. The van der Waals surface area contributed by atoms with Gasteiger partial charge in [0.1, 0.15) is 18.4 Å². The summed E-state index contributed by atoms with van der Waals surface area (Å²) in [5, 5.41) is 28.1. The van der Waals surface area contributed by atoms with Crippen molar-refractivity contribution < 1.29 is 4.39 Å². The van der Waals surface area contributed by atoms with E-state index in [9.17, 15) is 14.4 Å². The highest BCUT2D eigenvalue weighted by atomic mass is 35.5. The number of aromatic nitrogens is 5. The molecular weight excluding hydrogens is 567 g/mol. The molecule has 0 amide bonds. The number of hydrogen-bond acceptors (Lipinski definition) is 7. The van der Waals surface area contributed by atoms with E-state index in [1.165, 1.54) is 10.8 Å². The number of alkyl halides is 1. The Bertz CT molecular complexity index is 1970. The van der Waals surface area contributed by atoms with Crippen molar-refractivity contribution in [2.45, 2.75) is 45.2 Å². The minimum atomic E-state index is -0.649. The molecule has 1 fully saturated rings. The van der Waals surface area contributed by atoms with Gasteiger partial charge in [-0.15, -0.1) is 5.10 Å². The van der Waals surface area contributed by atoms with Crippen molar-refractivity contribution in [3.63, 3.8) is 0 Å². The largest absolute Gasteiger partial charge is 0.383 e. The Balaban J connectivity index is 1.51. The number of hydrogen-bond donors (Lipinski definition) is 2. The number of pyridine rings is 2. The predicted molar refractivity (Wildman–Crippen MR) is 167 cm³/mol. The number of nitriles is 1. The van der Waals surface area contributed by atoms with Crippen molar-refractivity contribution in [3.05, 3.63) is 87.2 Å². The number of fused-ring (bicyclic) bond motifs is 2. The maximum Gasteiger partial charge on any atom is 0.258 e. The summed E-state index contributed by atoms with van der Waals surface area (Å²) >= 11 is 6.79. The van der Waals surface area contributed by atoms with E-state index in [-0.39, 0.29) is 11.0 Å². The fourth-order valence-corrected chi connectivity index (χ4v) is 5.58. The molecule has 11 heteroatoms. The van der Waals surface area contributed by atoms with Crippen LogP contribution in [-0.4, -0.2) is 37.8 Å². The van der Waals surface area contributed by atoms with Crippen LogP contribution in [0.5, 0.6) is 0 Å². The van der Waals surface area contributed by atoms with Crippen LogP contribution in [0.15, 0.2) is 59.8 Å². The van der Waals surface area contributed by atoms with E-state index in [4.69, 9.17) is 11.6 Å². The fourth-order valence-electron chi connectivity index (χ4n) is 5.31. The zero-order valence-electron chi connectivity index (χ0n) is 24.4. The van der Waals surface area contributed by atoms with E-state index in [2.05, 4.69) is 52.8 Å². The van der Waals surface area contributed by atoms with Gasteiger partial charge in [0, 0.05) is 42.4 Å². The molecule has 220 valence electrons. The normalized spacial score (nSPS) is 14.9. The first kappa shape index (κ1) is 28.6. The highest BCUT2D eigenvalue weighted by Gasteiger charge is 2.46. The molecule has 0 aliphatic heterocycles. The lowest BCUT2D eigenvalue weighted by atomic mass is 9.96. The average Bonchev–Trinajstić information content (AvgIpc) is 3.63. The molecule has 1 saturated carbocycles. The van der Waals surface area contributed by atoms with Gasteiger partial charge in [-0.25, -0.2) is 9.07 Å². The topological polar surface area (TPSA) is 113 Å². The SMILES string of the molecule is Cn1ccc2c(C(Nc3cc(Cl)c4ncc(C#N)c(NCC(C)(C)C)c4c3)c3cn(C4(CF)CC4)nn3)cccc2c1=O. The van der Waals surface area contributed by atoms with E-state index >= 15 is 0 Å². The average molecular weight is 599 g/mol. The van der Waals surface area contributed by atoms with Crippen molar-refractivity contribution in [1.82, 2.24) is 24.5 Å². The van der Waals surface area contributed by atoms with Crippen LogP contribution in [0.3, 0.4) is 0 Å². The highest BCUT2D eigenvalue weighted by Crippen LogP contribution is 2.44. The van der Waals surface area contributed by atoms with Crippen molar-refractivity contribution >= 4 is 44.7 Å². The van der Waals surface area contributed by atoms with Crippen LogP contribution < -0.4 is 16.2 Å². The van der Waals surface area contributed by atoms with Crippen LogP contribution in [0.1, 0.15) is 56.5 Å². The maximum atomic E-state index is 13.9. The number of nitrogens with zero attached hydrogens (tertiary/aromatic N) is 6. The minimum absolute atomic E-state index is 0.0388. The molecule has 6 rings (SSSR count). The number of benzene rings is 2. The molecule has 0 spiro atoms. The van der Waals surface area contributed by atoms with Gasteiger partial charge < -0.3 is 15.2 Å². The molecule has 43 heavy (non-hydrogen) atoms. The van der Waals surface area contributed by atoms with Crippen LogP contribution in [0.25, 0.3) is 21.7 Å². The number of anilines is 2. The fraction of sp³-hybridized carbons (Fsp3) is 0.344. The molecule has 5 aromatic rings. The van der Waals surface area contributed by atoms with Crippen LogP contribution in [0, 0.1) is 16.7 Å². The van der Waals surface area contributed by atoms with Gasteiger partial charge in [0.15, 0.2) is 0 Å². The summed E-state index contributed by atoms with van der Waals surface area (Å²) in [6, 6.07) is 12.8. The Kier molecular flexibility index (Phi) is 7.09. The summed E-state index contributed by atoms with van der Waals surface area (Å²) in [5.74, 6) is 0. The first-order chi connectivity index (χ1) is 20.5. The first-order valence-corrected chi connectivity index (χ1v) is 14.5. The van der Waals surface area contributed by atoms with E-state index in [0.717, 1.165) is 10.9 Å². The molecule has 2 N–H and O–H groups in total. The van der Waals surface area contributed by atoms with Gasteiger partial charge in [-0.05, 0) is 53.5 Å². The molecule has 1 aliphatic carbocycles. The molecule has 1 atom stereocenters. The Morgan fingerprint density at radius 3 is 2.67 bits per heavy atom. The van der Waals surface area contributed by atoms with E-state index in [1.54, 1.807) is 36.3 Å². The van der Waals surface area contributed by atoms with Crippen LogP contribution >= 0.6 is 11.6 Å². The Labute approximate surface area is 253 Å². The zero-order chi connectivity index (χ0) is 30.5. The number of rotatable bonds is 8. The van der Waals surface area contributed by atoms with Crippen LogP contribution in [-0.2, 0) is 12.6 Å². The highest BCUT2D eigenvalue weighted by molar-refractivity contribution is 6.35. The van der Waals surface area contributed by atoms with Crippen molar-refractivity contribution in [1.29, 1.82) is 5.26 Å². The van der Waals surface area contributed by atoms with Gasteiger partial charge in [-0.1, -0.05) is 49.7 Å². The summed E-state index contributed by atoms with van der Waals surface area (Å²) < 4.78 is 17.1. The molecule has 3 aromatic heterocycles. The van der Waals surface area contributed by atoms with Gasteiger partial charge >= 0.3 is 0 Å². The zero-order valence-corrected chi connectivity index (χ0v) is 25.2. The molecular formula is C32H32ClFN8O. The summed E-state index contributed by atoms with van der Waals surface area (Å²) in [5.41, 5.74) is 2.86. The first-order valence-electron chi connectivity index (χ1n) is 14.1. The number of halogens is 2. The second-order valence-corrected chi connectivity index (χ2v) is 12.9. The summed E-state index contributed by atoms with van der Waals surface area (Å²) in [6.45, 7) is 6.44. The molecule has 1 unspecified atom stereocenters. The van der Waals surface area contributed by atoms with Gasteiger partial charge in [-0.2, -0.15) is 5.26 Å². The Morgan fingerprint density at radius 2 is 1.98 bits per heavy atom. The Hall–Kier alpha value is -4.49. The minimum Gasteiger partial charge on any atom is -0.383 e. The third-order valence-corrected chi connectivity index (χ3v) is 8.28. The summed E-state index contributed by atoms with van der Waals surface area (Å²) in [4.78, 5) is 17.5. The summed E-state index contributed by atoms with van der Waals surface area (Å²) in [6.07, 6.45) is 6.45. The third kappa shape index (κ3) is 5.30. The molecule has 1 aliphatic rings. The smallest absolute Gasteiger partial charge is 0.258 e. The molecule has 0 saturated heterocycles. The maximum absolute atomic E-state index is 13.9.